The summed E-state index contributed by atoms with van der Waals surface area (Å²) in [7, 11) is 0. The lowest BCUT2D eigenvalue weighted by molar-refractivity contribution is 0.266. The molecule has 3 aromatic rings. The summed E-state index contributed by atoms with van der Waals surface area (Å²) in [5.41, 5.74) is 2.39. The lowest BCUT2D eigenvalue weighted by atomic mass is 10.2. The summed E-state index contributed by atoms with van der Waals surface area (Å²) in [6.07, 6.45) is 6.85. The average molecular weight is 320 g/mol. The molecule has 4 rings (SSSR count). The van der Waals surface area contributed by atoms with E-state index in [1.54, 1.807) is 17.1 Å². The molecule has 2 aromatic heterocycles. The van der Waals surface area contributed by atoms with Crippen LogP contribution in [-0.2, 0) is 6.42 Å². The number of hydrogen-bond donors (Lipinski definition) is 0. The number of nitriles is 1. The zero-order chi connectivity index (χ0) is 16.5. The van der Waals surface area contributed by atoms with E-state index in [9.17, 15) is 0 Å². The Labute approximate surface area is 141 Å². The van der Waals surface area contributed by atoms with Crippen LogP contribution in [0.1, 0.15) is 31.1 Å². The first-order valence-corrected chi connectivity index (χ1v) is 8.44. The molecule has 1 saturated heterocycles. The fourth-order valence-electron chi connectivity index (χ4n) is 3.45. The molecule has 1 unspecified atom stereocenters. The minimum absolute atomic E-state index is 0.558. The van der Waals surface area contributed by atoms with Gasteiger partial charge in [-0.15, -0.1) is 0 Å². The maximum Gasteiger partial charge on any atom is 0.134 e. The van der Waals surface area contributed by atoms with Gasteiger partial charge in [-0.25, -0.2) is 4.68 Å². The van der Waals surface area contributed by atoms with Crippen LogP contribution >= 0.6 is 0 Å². The quantitative estimate of drug-likeness (QED) is 0.738. The molecule has 1 atom stereocenters. The highest BCUT2D eigenvalue weighted by Crippen LogP contribution is 2.24. The molecular formula is C19H20N4O. The summed E-state index contributed by atoms with van der Waals surface area (Å²) in [5.74, 6) is 1.03. The molecule has 0 radical (unpaired) electrons. The van der Waals surface area contributed by atoms with E-state index in [4.69, 9.17) is 9.68 Å². The van der Waals surface area contributed by atoms with Gasteiger partial charge in [-0.1, -0.05) is 0 Å². The predicted molar refractivity (Wildman–Crippen MR) is 92.0 cm³/mol. The highest BCUT2D eigenvalue weighted by Gasteiger charge is 2.20. The van der Waals surface area contributed by atoms with E-state index in [-0.39, 0.29) is 0 Å². The topological polar surface area (TPSA) is 58.0 Å². The lowest BCUT2D eigenvalue weighted by Crippen LogP contribution is -2.28. The van der Waals surface area contributed by atoms with Crippen LogP contribution in [0.15, 0.2) is 41.1 Å². The number of nitrogens with zero attached hydrogens (tertiary/aromatic N) is 4. The summed E-state index contributed by atoms with van der Waals surface area (Å²) in [6.45, 7) is 4.56. The van der Waals surface area contributed by atoms with Crippen molar-refractivity contribution in [2.75, 3.05) is 13.1 Å². The molecule has 0 saturated carbocycles. The SMILES string of the molecule is CC1CCCN1CCc1cc2cc(-n3cc(C#N)cn3)ccc2o1. The molecule has 3 heterocycles. The van der Waals surface area contributed by atoms with Crippen LogP contribution in [0.5, 0.6) is 0 Å². The normalized spacial score (nSPS) is 18.2. The largest absolute Gasteiger partial charge is 0.461 e. The van der Waals surface area contributed by atoms with Gasteiger partial charge in [0.05, 0.1) is 17.4 Å². The number of benzene rings is 1. The van der Waals surface area contributed by atoms with Crippen LogP contribution in [0.3, 0.4) is 0 Å². The van der Waals surface area contributed by atoms with Crippen molar-refractivity contribution in [1.82, 2.24) is 14.7 Å². The smallest absolute Gasteiger partial charge is 0.134 e. The molecule has 1 aliphatic heterocycles. The van der Waals surface area contributed by atoms with Crippen LogP contribution in [0.25, 0.3) is 16.7 Å². The molecule has 122 valence electrons. The molecule has 1 aliphatic rings. The highest BCUT2D eigenvalue weighted by molar-refractivity contribution is 5.80. The first-order chi connectivity index (χ1) is 11.7. The summed E-state index contributed by atoms with van der Waals surface area (Å²) in [4.78, 5) is 2.53. The maximum atomic E-state index is 8.92. The first-order valence-electron chi connectivity index (χ1n) is 8.44. The van der Waals surface area contributed by atoms with E-state index >= 15 is 0 Å². The standard InChI is InChI=1S/C19H20N4O/c1-14-3-2-7-22(14)8-6-18-10-16-9-17(4-5-19(16)24-18)23-13-15(11-20)12-21-23/h4-5,9-10,12-14H,2-3,6-8H2,1H3. The van der Waals surface area contributed by atoms with Crippen molar-refractivity contribution < 1.29 is 4.42 Å². The van der Waals surface area contributed by atoms with Gasteiger partial charge in [-0.3, -0.25) is 0 Å². The van der Waals surface area contributed by atoms with Crippen LogP contribution in [0, 0.1) is 11.3 Å². The van der Waals surface area contributed by atoms with Gasteiger partial charge in [0, 0.05) is 30.6 Å². The molecular weight excluding hydrogens is 300 g/mol. The van der Waals surface area contributed by atoms with Gasteiger partial charge in [0.15, 0.2) is 0 Å². The Morgan fingerprint density at radius 3 is 3.04 bits per heavy atom. The minimum Gasteiger partial charge on any atom is -0.461 e. The molecule has 24 heavy (non-hydrogen) atoms. The summed E-state index contributed by atoms with van der Waals surface area (Å²) < 4.78 is 7.69. The number of hydrogen-bond acceptors (Lipinski definition) is 4. The Hall–Kier alpha value is -2.58. The van der Waals surface area contributed by atoms with E-state index in [0.717, 1.165) is 35.4 Å². The summed E-state index contributed by atoms with van der Waals surface area (Å²) in [5, 5.41) is 14.2. The van der Waals surface area contributed by atoms with Crippen LogP contribution in [-0.4, -0.2) is 33.8 Å². The Morgan fingerprint density at radius 2 is 2.29 bits per heavy atom. The van der Waals surface area contributed by atoms with Crippen LogP contribution < -0.4 is 0 Å². The predicted octanol–water partition coefficient (Wildman–Crippen LogP) is 3.52. The molecule has 5 nitrogen and oxygen atoms in total. The molecule has 5 heteroatoms. The number of fused-ring (bicyclic) bond motifs is 1. The molecule has 0 bridgehead atoms. The van der Waals surface area contributed by atoms with Gasteiger partial charge in [0.2, 0.25) is 0 Å². The fourth-order valence-corrected chi connectivity index (χ4v) is 3.45. The van der Waals surface area contributed by atoms with E-state index in [2.05, 4.69) is 35.1 Å². The van der Waals surface area contributed by atoms with Crippen molar-refractivity contribution in [3.63, 3.8) is 0 Å². The van der Waals surface area contributed by atoms with Gasteiger partial charge in [-0.05, 0) is 50.6 Å². The zero-order valence-electron chi connectivity index (χ0n) is 13.8. The van der Waals surface area contributed by atoms with E-state index in [1.165, 1.54) is 19.4 Å². The summed E-state index contributed by atoms with van der Waals surface area (Å²) in [6, 6.07) is 10.9. The van der Waals surface area contributed by atoms with Crippen molar-refractivity contribution in [1.29, 1.82) is 5.26 Å². The second-order valence-electron chi connectivity index (χ2n) is 6.50. The van der Waals surface area contributed by atoms with Gasteiger partial charge >= 0.3 is 0 Å². The van der Waals surface area contributed by atoms with Crippen molar-refractivity contribution >= 4 is 11.0 Å². The molecule has 0 N–H and O–H groups in total. The van der Waals surface area contributed by atoms with E-state index in [0.29, 0.717) is 11.6 Å². The Kier molecular flexibility index (Phi) is 3.83. The number of furan rings is 1. The Bertz CT molecular complexity index is 902. The monoisotopic (exact) mass is 320 g/mol. The number of likely N-dealkylation sites (tertiary alicyclic amines) is 1. The molecule has 0 aliphatic carbocycles. The van der Waals surface area contributed by atoms with Crippen molar-refractivity contribution in [3.05, 3.63) is 48.0 Å². The van der Waals surface area contributed by atoms with Crippen molar-refractivity contribution in [2.45, 2.75) is 32.2 Å². The fraction of sp³-hybridized carbons (Fsp3) is 0.368. The average Bonchev–Trinajstić information content (AvgIpc) is 3.31. The Balaban J connectivity index is 1.53. The lowest BCUT2D eigenvalue weighted by Gasteiger charge is -2.19. The third-order valence-electron chi connectivity index (χ3n) is 4.86. The molecule has 1 aromatic carbocycles. The van der Waals surface area contributed by atoms with Crippen LogP contribution in [0.2, 0.25) is 0 Å². The maximum absolute atomic E-state index is 8.92. The van der Waals surface area contributed by atoms with Crippen LogP contribution in [0.4, 0.5) is 0 Å². The minimum atomic E-state index is 0.558. The van der Waals surface area contributed by atoms with Gasteiger partial charge < -0.3 is 9.32 Å². The third-order valence-corrected chi connectivity index (χ3v) is 4.86. The van der Waals surface area contributed by atoms with E-state index < -0.39 is 0 Å². The second-order valence-corrected chi connectivity index (χ2v) is 6.50. The second kappa shape index (κ2) is 6.14. The van der Waals surface area contributed by atoms with Gasteiger partial charge in [0.25, 0.3) is 0 Å². The van der Waals surface area contributed by atoms with Gasteiger partial charge in [-0.2, -0.15) is 10.4 Å². The van der Waals surface area contributed by atoms with Crippen molar-refractivity contribution in [3.8, 4) is 11.8 Å². The molecule has 0 amide bonds. The molecule has 1 fully saturated rings. The number of rotatable bonds is 4. The highest BCUT2D eigenvalue weighted by atomic mass is 16.3. The summed E-state index contributed by atoms with van der Waals surface area (Å²) >= 11 is 0. The zero-order valence-corrected chi connectivity index (χ0v) is 13.8. The number of aromatic nitrogens is 2. The third kappa shape index (κ3) is 2.81. The van der Waals surface area contributed by atoms with E-state index in [1.807, 2.05) is 12.1 Å². The van der Waals surface area contributed by atoms with Gasteiger partial charge in [0.1, 0.15) is 17.4 Å². The first kappa shape index (κ1) is 15.0. The van der Waals surface area contributed by atoms with Crippen molar-refractivity contribution in [2.24, 2.45) is 0 Å². The molecule has 0 spiro atoms. The Morgan fingerprint density at radius 1 is 1.38 bits per heavy atom.